The number of carbonyl (C=O) groups is 1. The fourth-order valence-corrected chi connectivity index (χ4v) is 2.64. The molecule has 2 aliphatic rings. The van der Waals surface area contributed by atoms with Crippen LogP contribution in [0.3, 0.4) is 0 Å². The molecule has 0 spiro atoms. The van der Waals surface area contributed by atoms with Gasteiger partial charge in [0.1, 0.15) is 6.61 Å². The Hall–Kier alpha value is -0.450. The van der Waals surface area contributed by atoms with E-state index in [1.807, 2.05) is 0 Å². The van der Waals surface area contributed by atoms with Gasteiger partial charge in [-0.2, -0.15) is 0 Å². The van der Waals surface area contributed by atoms with E-state index in [2.05, 4.69) is 5.32 Å². The molecule has 0 aromatic carbocycles. The summed E-state index contributed by atoms with van der Waals surface area (Å²) in [5.74, 6) is 0.242. The van der Waals surface area contributed by atoms with E-state index in [0.717, 1.165) is 45.4 Å². The van der Waals surface area contributed by atoms with Gasteiger partial charge < -0.3 is 14.8 Å². The van der Waals surface area contributed by atoms with Gasteiger partial charge in [0, 0.05) is 13.0 Å². The summed E-state index contributed by atoms with van der Waals surface area (Å²) >= 11 is 0. The topological polar surface area (TPSA) is 47.6 Å². The Morgan fingerprint density at radius 1 is 1.28 bits per heavy atom. The van der Waals surface area contributed by atoms with Gasteiger partial charge >= 0.3 is 0 Å². The molecule has 1 atom stereocenters. The van der Waals surface area contributed by atoms with Crippen LogP contribution >= 0.6 is 0 Å². The molecule has 2 saturated heterocycles. The van der Waals surface area contributed by atoms with Gasteiger partial charge in [-0.05, 0) is 51.6 Å². The van der Waals surface area contributed by atoms with E-state index >= 15 is 0 Å². The second-order valence-electron chi connectivity index (χ2n) is 5.33. The van der Waals surface area contributed by atoms with Crippen molar-refractivity contribution >= 4 is 5.78 Å². The zero-order valence-corrected chi connectivity index (χ0v) is 11.2. The number of carbonyl (C=O) groups excluding carboxylic acids is 1. The number of rotatable bonds is 7. The molecule has 1 N–H and O–H groups in total. The second kappa shape index (κ2) is 7.87. The molecule has 18 heavy (non-hydrogen) atoms. The van der Waals surface area contributed by atoms with Gasteiger partial charge in [0.05, 0.1) is 12.2 Å². The highest BCUT2D eigenvalue weighted by Crippen LogP contribution is 2.17. The molecular weight excluding hydrogens is 230 g/mol. The third-order valence-corrected chi connectivity index (χ3v) is 3.77. The molecule has 2 heterocycles. The molecule has 2 fully saturated rings. The van der Waals surface area contributed by atoms with Crippen molar-refractivity contribution in [1.82, 2.24) is 5.32 Å². The highest BCUT2D eigenvalue weighted by molar-refractivity contribution is 5.79. The van der Waals surface area contributed by atoms with Crippen LogP contribution in [-0.2, 0) is 14.3 Å². The van der Waals surface area contributed by atoms with Crippen LogP contribution in [0.4, 0.5) is 0 Å². The van der Waals surface area contributed by atoms with Crippen molar-refractivity contribution in [2.45, 2.75) is 57.2 Å². The number of ether oxygens (including phenoxy) is 2. The van der Waals surface area contributed by atoms with Gasteiger partial charge in [-0.3, -0.25) is 4.79 Å². The second-order valence-corrected chi connectivity index (χ2v) is 5.33. The van der Waals surface area contributed by atoms with Gasteiger partial charge in [-0.15, -0.1) is 0 Å². The Labute approximate surface area is 109 Å². The van der Waals surface area contributed by atoms with E-state index in [1.54, 1.807) is 0 Å². The van der Waals surface area contributed by atoms with Crippen molar-refractivity contribution in [3.05, 3.63) is 0 Å². The maximum atomic E-state index is 11.7. The number of nitrogens with one attached hydrogen (secondary N) is 1. The van der Waals surface area contributed by atoms with Crippen LogP contribution in [0.25, 0.3) is 0 Å². The largest absolute Gasteiger partial charge is 0.378 e. The van der Waals surface area contributed by atoms with Crippen molar-refractivity contribution in [1.29, 1.82) is 0 Å². The lowest BCUT2D eigenvalue weighted by Gasteiger charge is -2.22. The summed E-state index contributed by atoms with van der Waals surface area (Å²) in [5, 5.41) is 3.29. The zero-order valence-electron chi connectivity index (χ0n) is 11.2. The first-order chi connectivity index (χ1) is 8.84. The minimum absolute atomic E-state index is 0.242. The molecule has 2 rings (SSSR count). The molecular formula is C14H25NO3. The van der Waals surface area contributed by atoms with Crippen LogP contribution < -0.4 is 5.32 Å². The predicted octanol–water partition coefficient (Wildman–Crippen LogP) is 1.67. The zero-order chi connectivity index (χ0) is 12.6. The molecule has 4 heteroatoms. The van der Waals surface area contributed by atoms with Crippen LogP contribution in [0.2, 0.25) is 0 Å². The summed E-state index contributed by atoms with van der Waals surface area (Å²) < 4.78 is 11.2. The Kier molecular flexibility index (Phi) is 6.11. The molecule has 0 saturated carbocycles. The van der Waals surface area contributed by atoms with Crippen LogP contribution in [0.1, 0.15) is 44.9 Å². The van der Waals surface area contributed by atoms with Crippen molar-refractivity contribution in [3.8, 4) is 0 Å². The number of ketones is 1. The SMILES string of the molecule is O=C(CCCC1CCCO1)COC1CCNCC1. The van der Waals surface area contributed by atoms with Gasteiger partial charge in [0.2, 0.25) is 0 Å². The number of hydrogen-bond acceptors (Lipinski definition) is 4. The monoisotopic (exact) mass is 255 g/mol. The number of Topliss-reactive ketones (excluding diaryl/α,β-unsaturated/α-hetero) is 1. The van der Waals surface area contributed by atoms with Gasteiger partial charge in [-0.25, -0.2) is 0 Å². The molecule has 0 aromatic rings. The maximum absolute atomic E-state index is 11.7. The summed E-state index contributed by atoms with van der Waals surface area (Å²) in [5.41, 5.74) is 0. The van der Waals surface area contributed by atoms with Crippen LogP contribution in [0, 0.1) is 0 Å². The average molecular weight is 255 g/mol. The minimum atomic E-state index is 0.242. The standard InChI is InChI=1S/C14H25NO3/c16-12(3-1-4-13-5-2-10-17-13)11-18-14-6-8-15-9-7-14/h13-15H,1-11H2. The first-order valence-electron chi connectivity index (χ1n) is 7.30. The van der Waals surface area contributed by atoms with E-state index in [9.17, 15) is 4.79 Å². The molecule has 1 unspecified atom stereocenters. The first-order valence-corrected chi connectivity index (χ1v) is 7.30. The molecule has 0 amide bonds. The minimum Gasteiger partial charge on any atom is -0.378 e. The molecule has 0 aromatic heterocycles. The van der Waals surface area contributed by atoms with Gasteiger partial charge in [0.25, 0.3) is 0 Å². The fourth-order valence-electron chi connectivity index (χ4n) is 2.64. The summed E-state index contributed by atoms with van der Waals surface area (Å²) in [7, 11) is 0. The summed E-state index contributed by atoms with van der Waals surface area (Å²) in [6, 6.07) is 0. The lowest BCUT2D eigenvalue weighted by atomic mass is 10.1. The Balaban J connectivity index is 1.49. The maximum Gasteiger partial charge on any atom is 0.158 e. The highest BCUT2D eigenvalue weighted by Gasteiger charge is 2.17. The average Bonchev–Trinajstić information content (AvgIpc) is 2.91. The molecule has 104 valence electrons. The molecule has 0 aliphatic carbocycles. The third-order valence-electron chi connectivity index (χ3n) is 3.77. The molecule has 0 bridgehead atoms. The Morgan fingerprint density at radius 2 is 2.11 bits per heavy atom. The van der Waals surface area contributed by atoms with E-state index in [1.165, 1.54) is 12.8 Å². The van der Waals surface area contributed by atoms with Crippen LogP contribution in [0.5, 0.6) is 0 Å². The van der Waals surface area contributed by atoms with E-state index in [-0.39, 0.29) is 11.9 Å². The van der Waals surface area contributed by atoms with Gasteiger partial charge in [-0.1, -0.05) is 0 Å². The lowest BCUT2D eigenvalue weighted by molar-refractivity contribution is -0.126. The fraction of sp³-hybridized carbons (Fsp3) is 0.929. The van der Waals surface area contributed by atoms with Crippen LogP contribution in [-0.4, -0.2) is 44.3 Å². The van der Waals surface area contributed by atoms with E-state index in [0.29, 0.717) is 19.1 Å². The summed E-state index contributed by atoms with van der Waals surface area (Å²) in [6.45, 7) is 3.23. The third kappa shape index (κ3) is 5.04. The smallest absolute Gasteiger partial charge is 0.158 e. The molecule has 4 nitrogen and oxygen atoms in total. The molecule has 0 radical (unpaired) electrons. The van der Waals surface area contributed by atoms with Crippen molar-refractivity contribution in [2.75, 3.05) is 26.3 Å². The summed E-state index contributed by atoms with van der Waals surface area (Å²) in [4.78, 5) is 11.7. The van der Waals surface area contributed by atoms with Crippen molar-refractivity contribution in [2.24, 2.45) is 0 Å². The van der Waals surface area contributed by atoms with Crippen molar-refractivity contribution < 1.29 is 14.3 Å². The number of hydrogen-bond donors (Lipinski definition) is 1. The Morgan fingerprint density at radius 3 is 2.83 bits per heavy atom. The Bertz CT molecular complexity index is 245. The van der Waals surface area contributed by atoms with Gasteiger partial charge in [0.15, 0.2) is 5.78 Å². The summed E-state index contributed by atoms with van der Waals surface area (Å²) in [6.07, 6.45) is 7.71. The molecule has 2 aliphatic heterocycles. The van der Waals surface area contributed by atoms with Crippen molar-refractivity contribution in [3.63, 3.8) is 0 Å². The highest BCUT2D eigenvalue weighted by atomic mass is 16.5. The predicted molar refractivity (Wildman–Crippen MR) is 69.7 cm³/mol. The lowest BCUT2D eigenvalue weighted by Crippen LogP contribution is -2.33. The first kappa shape index (κ1) is 14.0. The quantitative estimate of drug-likeness (QED) is 0.752. The van der Waals surface area contributed by atoms with Crippen LogP contribution in [0.15, 0.2) is 0 Å². The number of piperidine rings is 1. The van der Waals surface area contributed by atoms with E-state index < -0.39 is 0 Å². The van der Waals surface area contributed by atoms with E-state index in [4.69, 9.17) is 9.47 Å². The normalized spacial score (nSPS) is 25.4.